The minimum absolute atomic E-state index is 0.138. The predicted octanol–water partition coefficient (Wildman–Crippen LogP) is 2.28. The number of methoxy groups -OCH3 is 1. The molecule has 0 aliphatic carbocycles. The van der Waals surface area contributed by atoms with Crippen molar-refractivity contribution >= 4 is 11.3 Å². The van der Waals surface area contributed by atoms with Crippen LogP contribution in [0.15, 0.2) is 17.5 Å². The van der Waals surface area contributed by atoms with E-state index in [4.69, 9.17) is 9.47 Å². The van der Waals surface area contributed by atoms with Gasteiger partial charge in [-0.25, -0.2) is 0 Å². The molecule has 1 aromatic rings. The predicted molar refractivity (Wildman–Crippen MR) is 67.9 cm³/mol. The molecule has 0 aliphatic heterocycles. The maximum Gasteiger partial charge on any atom is 0.0937 e. The Hall–Kier alpha value is -0.420. The van der Waals surface area contributed by atoms with Gasteiger partial charge in [-0.15, -0.1) is 11.3 Å². The zero-order valence-corrected chi connectivity index (χ0v) is 10.9. The van der Waals surface area contributed by atoms with E-state index in [2.05, 4.69) is 23.7 Å². The van der Waals surface area contributed by atoms with Gasteiger partial charge in [0.1, 0.15) is 0 Å². The summed E-state index contributed by atoms with van der Waals surface area (Å²) in [5.74, 6) is 0. The quantitative estimate of drug-likeness (QED) is 0.675. The van der Waals surface area contributed by atoms with Crippen molar-refractivity contribution < 1.29 is 9.47 Å². The lowest BCUT2D eigenvalue weighted by Crippen LogP contribution is -2.32. The molecule has 0 amide bonds. The molecule has 0 aromatic carbocycles. The molecule has 0 aliphatic rings. The van der Waals surface area contributed by atoms with Gasteiger partial charge in [-0.3, -0.25) is 0 Å². The zero-order chi connectivity index (χ0) is 11.6. The molecule has 1 rings (SSSR count). The fourth-order valence-electron chi connectivity index (χ4n) is 1.39. The molecule has 4 heteroatoms. The van der Waals surface area contributed by atoms with Crippen molar-refractivity contribution in [2.75, 3.05) is 26.8 Å². The van der Waals surface area contributed by atoms with E-state index in [1.807, 2.05) is 6.07 Å². The Morgan fingerprint density at radius 2 is 2.38 bits per heavy atom. The summed E-state index contributed by atoms with van der Waals surface area (Å²) >= 11 is 1.73. The maximum atomic E-state index is 5.80. The Labute approximate surface area is 102 Å². The van der Waals surface area contributed by atoms with Gasteiger partial charge in [0.25, 0.3) is 0 Å². The number of hydrogen-bond donors (Lipinski definition) is 1. The molecule has 92 valence electrons. The second kappa shape index (κ2) is 8.70. The molecule has 1 unspecified atom stereocenters. The number of thiophene rings is 1. The summed E-state index contributed by atoms with van der Waals surface area (Å²) in [4.78, 5) is 1.26. The maximum absolute atomic E-state index is 5.80. The van der Waals surface area contributed by atoms with Gasteiger partial charge in [0.15, 0.2) is 0 Å². The van der Waals surface area contributed by atoms with E-state index in [1.54, 1.807) is 18.4 Å². The van der Waals surface area contributed by atoms with Gasteiger partial charge in [-0.2, -0.15) is 0 Å². The van der Waals surface area contributed by atoms with E-state index in [1.165, 1.54) is 4.88 Å². The van der Waals surface area contributed by atoms with Gasteiger partial charge < -0.3 is 14.8 Å². The Morgan fingerprint density at radius 1 is 1.50 bits per heavy atom. The highest BCUT2D eigenvalue weighted by Gasteiger charge is 2.08. The van der Waals surface area contributed by atoms with Crippen molar-refractivity contribution in [3.05, 3.63) is 22.4 Å². The van der Waals surface area contributed by atoms with Crippen LogP contribution < -0.4 is 5.32 Å². The molecule has 1 atom stereocenters. The number of nitrogens with one attached hydrogen (secondary N) is 1. The molecule has 0 fully saturated rings. The summed E-state index contributed by atoms with van der Waals surface area (Å²) < 4.78 is 10.9. The van der Waals surface area contributed by atoms with Crippen LogP contribution in [0.1, 0.15) is 18.2 Å². The largest absolute Gasteiger partial charge is 0.382 e. The zero-order valence-electron chi connectivity index (χ0n) is 10.1. The molecule has 1 N–H and O–H groups in total. The van der Waals surface area contributed by atoms with Gasteiger partial charge in [0.05, 0.1) is 19.3 Å². The lowest BCUT2D eigenvalue weighted by Gasteiger charge is -2.17. The van der Waals surface area contributed by atoms with Gasteiger partial charge >= 0.3 is 0 Å². The van der Waals surface area contributed by atoms with E-state index in [9.17, 15) is 0 Å². The third-order valence-electron chi connectivity index (χ3n) is 2.19. The van der Waals surface area contributed by atoms with E-state index < -0.39 is 0 Å². The van der Waals surface area contributed by atoms with Crippen LogP contribution in [-0.4, -0.2) is 32.9 Å². The van der Waals surface area contributed by atoms with Crippen LogP contribution >= 0.6 is 11.3 Å². The SMILES string of the molecule is CCCNCC(COC)OCc1cccs1. The highest BCUT2D eigenvalue weighted by Crippen LogP contribution is 2.10. The van der Waals surface area contributed by atoms with Crippen LogP contribution in [-0.2, 0) is 16.1 Å². The van der Waals surface area contributed by atoms with Crippen molar-refractivity contribution in [2.24, 2.45) is 0 Å². The van der Waals surface area contributed by atoms with Gasteiger partial charge in [0.2, 0.25) is 0 Å². The van der Waals surface area contributed by atoms with Crippen LogP contribution in [0.25, 0.3) is 0 Å². The molecule has 0 spiro atoms. The summed E-state index contributed by atoms with van der Waals surface area (Å²) in [7, 11) is 1.71. The summed E-state index contributed by atoms with van der Waals surface area (Å²) in [6.45, 7) is 5.36. The molecule has 0 saturated carbocycles. The minimum atomic E-state index is 0.138. The second-order valence-electron chi connectivity index (χ2n) is 3.67. The first-order valence-corrected chi connectivity index (χ1v) is 6.58. The Kier molecular flexibility index (Phi) is 7.42. The molecular weight excluding hydrogens is 222 g/mol. The third kappa shape index (κ3) is 5.61. The van der Waals surface area contributed by atoms with Crippen molar-refractivity contribution in [1.29, 1.82) is 0 Å². The summed E-state index contributed by atoms with van der Waals surface area (Å²) in [5.41, 5.74) is 0. The summed E-state index contributed by atoms with van der Waals surface area (Å²) in [6.07, 6.45) is 1.28. The first kappa shape index (κ1) is 13.6. The number of ether oxygens (including phenoxy) is 2. The third-order valence-corrected chi connectivity index (χ3v) is 3.04. The van der Waals surface area contributed by atoms with Gasteiger partial charge in [-0.1, -0.05) is 13.0 Å². The van der Waals surface area contributed by atoms with Crippen LogP contribution in [0.4, 0.5) is 0 Å². The minimum Gasteiger partial charge on any atom is -0.382 e. The molecule has 3 nitrogen and oxygen atoms in total. The van der Waals surface area contributed by atoms with E-state index in [0.29, 0.717) is 13.2 Å². The molecule has 1 aromatic heterocycles. The molecule has 1 heterocycles. The van der Waals surface area contributed by atoms with Crippen LogP contribution in [0, 0.1) is 0 Å². The van der Waals surface area contributed by atoms with Crippen molar-refractivity contribution in [3.63, 3.8) is 0 Å². The first-order chi connectivity index (χ1) is 7.86. The molecule has 0 radical (unpaired) electrons. The highest BCUT2D eigenvalue weighted by molar-refractivity contribution is 7.09. The Balaban J connectivity index is 2.21. The smallest absolute Gasteiger partial charge is 0.0937 e. The first-order valence-electron chi connectivity index (χ1n) is 5.70. The molecule has 0 bridgehead atoms. The van der Waals surface area contributed by atoms with E-state index >= 15 is 0 Å². The normalized spacial score (nSPS) is 12.9. The summed E-state index contributed by atoms with van der Waals surface area (Å²) in [5, 5.41) is 5.42. The van der Waals surface area contributed by atoms with Crippen LogP contribution in [0.5, 0.6) is 0 Å². The molecule has 0 saturated heterocycles. The van der Waals surface area contributed by atoms with E-state index in [0.717, 1.165) is 19.5 Å². The lowest BCUT2D eigenvalue weighted by molar-refractivity contribution is -0.00900. The summed E-state index contributed by atoms with van der Waals surface area (Å²) in [6, 6.07) is 4.14. The van der Waals surface area contributed by atoms with Crippen molar-refractivity contribution in [3.8, 4) is 0 Å². The molecular formula is C12H21NO2S. The Bertz CT molecular complexity index is 252. The Morgan fingerprint density at radius 3 is 3.00 bits per heavy atom. The van der Waals surface area contributed by atoms with Gasteiger partial charge in [-0.05, 0) is 24.4 Å². The van der Waals surface area contributed by atoms with Crippen molar-refractivity contribution in [2.45, 2.75) is 26.1 Å². The van der Waals surface area contributed by atoms with Crippen molar-refractivity contribution in [1.82, 2.24) is 5.32 Å². The highest BCUT2D eigenvalue weighted by atomic mass is 32.1. The average molecular weight is 243 g/mol. The topological polar surface area (TPSA) is 30.5 Å². The lowest BCUT2D eigenvalue weighted by atomic mass is 10.3. The standard InChI is InChI=1S/C12H21NO2S/c1-3-6-13-8-11(9-14-2)15-10-12-5-4-7-16-12/h4-5,7,11,13H,3,6,8-10H2,1-2H3. The monoisotopic (exact) mass is 243 g/mol. The second-order valence-corrected chi connectivity index (χ2v) is 4.70. The average Bonchev–Trinajstić information content (AvgIpc) is 2.79. The molecule has 16 heavy (non-hydrogen) atoms. The van der Waals surface area contributed by atoms with Crippen LogP contribution in [0.3, 0.4) is 0 Å². The fourth-order valence-corrected chi connectivity index (χ4v) is 2.01. The number of rotatable bonds is 9. The fraction of sp³-hybridized carbons (Fsp3) is 0.667. The number of hydrogen-bond acceptors (Lipinski definition) is 4. The van der Waals surface area contributed by atoms with Gasteiger partial charge in [0, 0.05) is 18.5 Å². The van der Waals surface area contributed by atoms with Crippen LogP contribution in [0.2, 0.25) is 0 Å². The van der Waals surface area contributed by atoms with E-state index in [-0.39, 0.29) is 6.10 Å².